The number of amides is 1. The van der Waals surface area contributed by atoms with Crippen molar-refractivity contribution in [2.24, 2.45) is 0 Å². The van der Waals surface area contributed by atoms with E-state index in [1.54, 1.807) is 18.2 Å². The van der Waals surface area contributed by atoms with Crippen LogP contribution >= 0.6 is 0 Å². The summed E-state index contributed by atoms with van der Waals surface area (Å²) in [4.78, 5) is 23.8. The number of aliphatic hydroxyl groups is 1. The lowest BCUT2D eigenvalue weighted by atomic mass is 10.2. The minimum atomic E-state index is -0.932. The standard InChI is InChI=1S/C17H16F2N2O4/c18-12-5-3-6-13(19)16(12)21-15(23)10-25-17(24)11-4-1-2-7-14(11)20-8-9-22/h1-7,20,22H,8-10H2,(H,21,23). The topological polar surface area (TPSA) is 87.7 Å². The molecule has 0 aliphatic rings. The lowest BCUT2D eigenvalue weighted by Gasteiger charge is -2.11. The molecule has 0 spiro atoms. The van der Waals surface area contributed by atoms with E-state index < -0.39 is 35.8 Å². The number of hydrogen-bond donors (Lipinski definition) is 3. The Kier molecular flexibility index (Phi) is 6.41. The van der Waals surface area contributed by atoms with Gasteiger partial charge in [0.15, 0.2) is 6.61 Å². The quantitative estimate of drug-likeness (QED) is 0.666. The summed E-state index contributed by atoms with van der Waals surface area (Å²) in [6, 6.07) is 9.54. The third-order valence-corrected chi connectivity index (χ3v) is 3.14. The number of ether oxygens (including phenoxy) is 1. The first kappa shape index (κ1) is 18.3. The molecule has 0 aliphatic heterocycles. The summed E-state index contributed by atoms with van der Waals surface area (Å²) in [7, 11) is 0. The Hall–Kier alpha value is -3.00. The molecule has 0 aliphatic carbocycles. The average molecular weight is 350 g/mol. The number of aliphatic hydroxyl groups excluding tert-OH is 1. The molecule has 0 heterocycles. The third kappa shape index (κ3) is 4.98. The lowest BCUT2D eigenvalue weighted by molar-refractivity contribution is -0.119. The van der Waals surface area contributed by atoms with E-state index in [0.717, 1.165) is 18.2 Å². The SMILES string of the molecule is O=C(COC(=O)c1ccccc1NCCO)Nc1c(F)cccc1F. The number of benzene rings is 2. The lowest BCUT2D eigenvalue weighted by Crippen LogP contribution is -2.22. The number of nitrogens with one attached hydrogen (secondary N) is 2. The maximum Gasteiger partial charge on any atom is 0.340 e. The van der Waals surface area contributed by atoms with Crippen LogP contribution in [0.25, 0.3) is 0 Å². The Morgan fingerprint density at radius 1 is 1.04 bits per heavy atom. The Bertz CT molecular complexity index is 748. The van der Waals surface area contributed by atoms with Gasteiger partial charge in [-0.05, 0) is 24.3 Å². The largest absolute Gasteiger partial charge is 0.452 e. The predicted molar refractivity (Wildman–Crippen MR) is 87.3 cm³/mol. The highest BCUT2D eigenvalue weighted by Crippen LogP contribution is 2.18. The van der Waals surface area contributed by atoms with E-state index in [4.69, 9.17) is 9.84 Å². The van der Waals surface area contributed by atoms with Crippen LogP contribution < -0.4 is 10.6 Å². The number of rotatable bonds is 7. The smallest absolute Gasteiger partial charge is 0.340 e. The van der Waals surface area contributed by atoms with Gasteiger partial charge >= 0.3 is 5.97 Å². The number of anilines is 2. The van der Waals surface area contributed by atoms with Gasteiger partial charge in [-0.1, -0.05) is 18.2 Å². The van der Waals surface area contributed by atoms with Crippen molar-refractivity contribution >= 4 is 23.3 Å². The van der Waals surface area contributed by atoms with Gasteiger partial charge in [0.2, 0.25) is 0 Å². The second kappa shape index (κ2) is 8.74. The first-order chi connectivity index (χ1) is 12.0. The number of para-hydroxylation sites is 2. The van der Waals surface area contributed by atoms with E-state index in [9.17, 15) is 18.4 Å². The van der Waals surface area contributed by atoms with Crippen LogP contribution in [0.2, 0.25) is 0 Å². The highest BCUT2D eigenvalue weighted by atomic mass is 19.1. The van der Waals surface area contributed by atoms with Gasteiger partial charge in [0, 0.05) is 12.2 Å². The number of carbonyl (C=O) groups excluding carboxylic acids is 2. The molecule has 132 valence electrons. The van der Waals surface area contributed by atoms with E-state index in [1.807, 2.05) is 5.32 Å². The van der Waals surface area contributed by atoms with Crippen LogP contribution in [0.5, 0.6) is 0 Å². The van der Waals surface area contributed by atoms with E-state index in [0.29, 0.717) is 5.69 Å². The van der Waals surface area contributed by atoms with Gasteiger partial charge in [-0.2, -0.15) is 0 Å². The van der Waals surface area contributed by atoms with Crippen LogP contribution in [-0.4, -0.2) is 36.7 Å². The molecule has 25 heavy (non-hydrogen) atoms. The van der Waals surface area contributed by atoms with Crippen molar-refractivity contribution < 1.29 is 28.2 Å². The fourth-order valence-corrected chi connectivity index (χ4v) is 2.01. The third-order valence-electron chi connectivity index (χ3n) is 3.14. The molecule has 2 aromatic rings. The van der Waals surface area contributed by atoms with Gasteiger partial charge in [0.05, 0.1) is 12.2 Å². The van der Waals surface area contributed by atoms with Gasteiger partial charge in [-0.15, -0.1) is 0 Å². The van der Waals surface area contributed by atoms with E-state index in [2.05, 4.69) is 5.32 Å². The van der Waals surface area contributed by atoms with Gasteiger partial charge in [-0.25, -0.2) is 13.6 Å². The van der Waals surface area contributed by atoms with Crippen molar-refractivity contribution in [3.8, 4) is 0 Å². The predicted octanol–water partition coefficient (Wildman–Crippen LogP) is 2.16. The molecule has 8 heteroatoms. The van der Waals surface area contributed by atoms with Crippen LogP contribution in [-0.2, 0) is 9.53 Å². The molecule has 1 amide bonds. The molecular formula is C17H16F2N2O4. The second-order valence-electron chi connectivity index (χ2n) is 4.92. The number of halogens is 2. The molecule has 0 aromatic heterocycles. The molecule has 3 N–H and O–H groups in total. The monoisotopic (exact) mass is 350 g/mol. The number of carbonyl (C=O) groups is 2. The van der Waals surface area contributed by atoms with E-state index in [1.165, 1.54) is 6.07 Å². The van der Waals surface area contributed by atoms with Crippen molar-refractivity contribution in [3.05, 3.63) is 59.7 Å². The summed E-state index contributed by atoms with van der Waals surface area (Å²) < 4.78 is 31.8. The maximum absolute atomic E-state index is 13.5. The minimum Gasteiger partial charge on any atom is -0.452 e. The van der Waals surface area contributed by atoms with Gasteiger partial charge in [0.1, 0.15) is 17.3 Å². The molecule has 2 aromatic carbocycles. The summed E-state index contributed by atoms with van der Waals surface area (Å²) in [5, 5.41) is 13.7. The summed E-state index contributed by atoms with van der Waals surface area (Å²) in [6.45, 7) is -0.599. The summed E-state index contributed by atoms with van der Waals surface area (Å²) in [6.07, 6.45) is 0. The van der Waals surface area contributed by atoms with E-state index >= 15 is 0 Å². The van der Waals surface area contributed by atoms with Gasteiger partial charge in [0.25, 0.3) is 5.91 Å². The highest BCUT2D eigenvalue weighted by molar-refractivity contribution is 5.98. The van der Waals surface area contributed by atoms with Crippen LogP contribution in [0.4, 0.5) is 20.2 Å². The normalized spacial score (nSPS) is 10.2. The summed E-state index contributed by atoms with van der Waals surface area (Å²) >= 11 is 0. The molecule has 6 nitrogen and oxygen atoms in total. The second-order valence-corrected chi connectivity index (χ2v) is 4.92. The zero-order chi connectivity index (χ0) is 18.2. The van der Waals surface area contributed by atoms with Crippen molar-refractivity contribution in [1.82, 2.24) is 0 Å². The number of hydrogen-bond acceptors (Lipinski definition) is 5. The summed E-state index contributed by atoms with van der Waals surface area (Å²) in [5.41, 5.74) is -0.00325. The molecule has 0 atom stereocenters. The Labute approximate surface area is 142 Å². The Morgan fingerprint density at radius 2 is 1.72 bits per heavy atom. The van der Waals surface area contributed by atoms with Crippen molar-refractivity contribution in [1.29, 1.82) is 0 Å². The molecule has 0 fully saturated rings. The van der Waals surface area contributed by atoms with E-state index in [-0.39, 0.29) is 18.7 Å². The fourth-order valence-electron chi connectivity index (χ4n) is 2.01. The molecular weight excluding hydrogens is 334 g/mol. The first-order valence-electron chi connectivity index (χ1n) is 7.37. The van der Waals surface area contributed by atoms with Gasteiger partial charge < -0.3 is 20.5 Å². The van der Waals surface area contributed by atoms with Crippen LogP contribution in [0.3, 0.4) is 0 Å². The van der Waals surface area contributed by atoms with Crippen LogP contribution in [0.1, 0.15) is 10.4 Å². The number of esters is 1. The fraction of sp³-hybridized carbons (Fsp3) is 0.176. The Balaban J connectivity index is 1.97. The van der Waals surface area contributed by atoms with Crippen molar-refractivity contribution in [2.45, 2.75) is 0 Å². The maximum atomic E-state index is 13.5. The van der Waals surface area contributed by atoms with Crippen LogP contribution in [0, 0.1) is 11.6 Å². The zero-order valence-corrected chi connectivity index (χ0v) is 13.1. The molecule has 2 rings (SSSR count). The Morgan fingerprint density at radius 3 is 2.40 bits per heavy atom. The molecule has 0 saturated heterocycles. The molecule has 0 radical (unpaired) electrons. The zero-order valence-electron chi connectivity index (χ0n) is 13.1. The minimum absolute atomic E-state index is 0.125. The highest BCUT2D eigenvalue weighted by Gasteiger charge is 2.16. The summed E-state index contributed by atoms with van der Waals surface area (Å²) in [5.74, 6) is -3.53. The van der Waals surface area contributed by atoms with Crippen molar-refractivity contribution in [3.63, 3.8) is 0 Å². The average Bonchev–Trinajstić information content (AvgIpc) is 2.61. The van der Waals surface area contributed by atoms with Gasteiger partial charge in [-0.3, -0.25) is 4.79 Å². The molecule has 0 bridgehead atoms. The van der Waals surface area contributed by atoms with Crippen molar-refractivity contribution in [2.75, 3.05) is 30.4 Å². The molecule has 0 saturated carbocycles. The first-order valence-corrected chi connectivity index (χ1v) is 7.37. The molecule has 0 unspecified atom stereocenters. The van der Waals surface area contributed by atoms with Crippen LogP contribution in [0.15, 0.2) is 42.5 Å².